The molecule has 0 fully saturated rings. The molecule has 5 nitrogen and oxygen atoms in total. The van der Waals surface area contributed by atoms with Crippen LogP contribution < -0.4 is 5.73 Å². The average molecular weight is 313 g/mol. The van der Waals surface area contributed by atoms with Crippen LogP contribution >= 0.6 is 0 Å². The fourth-order valence-corrected chi connectivity index (χ4v) is 3.02. The normalized spacial score (nSPS) is 16.0. The first kappa shape index (κ1) is 15.1. The zero-order chi connectivity index (χ0) is 16.4. The molecule has 23 heavy (non-hydrogen) atoms. The van der Waals surface area contributed by atoms with Gasteiger partial charge >= 0.3 is 0 Å². The van der Waals surface area contributed by atoms with Gasteiger partial charge in [0.15, 0.2) is 0 Å². The first-order chi connectivity index (χ1) is 11.1. The van der Waals surface area contributed by atoms with Gasteiger partial charge in [-0.1, -0.05) is 6.07 Å². The van der Waals surface area contributed by atoms with Crippen LogP contribution in [0, 0.1) is 5.82 Å². The molecule has 0 aliphatic heterocycles. The quantitative estimate of drug-likeness (QED) is 0.935. The van der Waals surface area contributed by atoms with Gasteiger partial charge in [0, 0.05) is 12.4 Å². The number of fused-ring (bicyclic) bond motifs is 1. The zero-order valence-corrected chi connectivity index (χ0v) is 12.4. The van der Waals surface area contributed by atoms with Crippen molar-refractivity contribution in [1.29, 1.82) is 0 Å². The summed E-state index contributed by atoms with van der Waals surface area (Å²) < 4.78 is 13.6. The Bertz CT molecular complexity index is 749. The summed E-state index contributed by atoms with van der Waals surface area (Å²) in [5.41, 5.74) is 7.41. The molecule has 0 saturated heterocycles. The number of aromatic nitrogens is 1. The first-order valence-electron chi connectivity index (χ1n) is 7.34. The van der Waals surface area contributed by atoms with Gasteiger partial charge in [-0.05, 0) is 48.2 Å². The number of carbonyl (C=O) groups is 2. The number of hydrogen-bond donors (Lipinski definition) is 1. The Hall–Kier alpha value is -2.76. The van der Waals surface area contributed by atoms with Crippen LogP contribution in [-0.4, -0.2) is 28.2 Å². The van der Waals surface area contributed by atoms with E-state index in [-0.39, 0.29) is 24.3 Å². The Morgan fingerprint density at radius 3 is 2.87 bits per heavy atom. The molecule has 118 valence electrons. The van der Waals surface area contributed by atoms with Crippen molar-refractivity contribution in [2.24, 2.45) is 5.73 Å². The fourth-order valence-electron chi connectivity index (χ4n) is 3.02. The van der Waals surface area contributed by atoms with Gasteiger partial charge in [-0.15, -0.1) is 0 Å². The summed E-state index contributed by atoms with van der Waals surface area (Å²) in [6, 6.07) is 7.48. The van der Waals surface area contributed by atoms with E-state index in [9.17, 15) is 14.0 Å². The number of aryl methyl sites for hydroxylation is 1. The Kier molecular flexibility index (Phi) is 4.06. The minimum atomic E-state index is -0.605. The van der Waals surface area contributed by atoms with Crippen molar-refractivity contribution >= 4 is 11.8 Å². The number of pyridine rings is 1. The van der Waals surface area contributed by atoms with E-state index in [0.29, 0.717) is 12.0 Å². The van der Waals surface area contributed by atoms with E-state index >= 15 is 0 Å². The maximum Gasteiger partial charge on any atom is 0.256 e. The number of amides is 2. The third-order valence-corrected chi connectivity index (χ3v) is 4.03. The van der Waals surface area contributed by atoms with Gasteiger partial charge in [0.05, 0.1) is 11.6 Å². The first-order valence-corrected chi connectivity index (χ1v) is 7.34. The van der Waals surface area contributed by atoms with Gasteiger partial charge in [-0.3, -0.25) is 14.6 Å². The summed E-state index contributed by atoms with van der Waals surface area (Å²) >= 11 is 0. The SMILES string of the molecule is NC(=O)CN(C(=O)c1cccnc1)C1CCc2ccc(F)cc21. The van der Waals surface area contributed by atoms with Crippen molar-refractivity contribution in [1.82, 2.24) is 9.88 Å². The molecule has 0 spiro atoms. The predicted octanol–water partition coefficient (Wildman–Crippen LogP) is 1.84. The molecule has 1 aliphatic rings. The lowest BCUT2D eigenvalue weighted by Gasteiger charge is -2.28. The summed E-state index contributed by atoms with van der Waals surface area (Å²) in [6.07, 6.45) is 4.38. The molecule has 1 atom stereocenters. The fraction of sp³-hybridized carbons (Fsp3) is 0.235. The highest BCUT2D eigenvalue weighted by atomic mass is 19.1. The number of nitrogens with zero attached hydrogens (tertiary/aromatic N) is 2. The number of primary amides is 1. The number of hydrogen-bond acceptors (Lipinski definition) is 3. The molecular formula is C17H16FN3O2. The number of carbonyl (C=O) groups excluding carboxylic acids is 2. The lowest BCUT2D eigenvalue weighted by molar-refractivity contribution is -0.119. The van der Waals surface area contributed by atoms with E-state index in [1.54, 1.807) is 24.4 Å². The summed E-state index contributed by atoms with van der Waals surface area (Å²) in [5, 5.41) is 0. The Morgan fingerprint density at radius 1 is 1.35 bits per heavy atom. The van der Waals surface area contributed by atoms with Crippen molar-refractivity contribution in [3.63, 3.8) is 0 Å². The van der Waals surface area contributed by atoms with E-state index in [0.717, 1.165) is 17.5 Å². The molecule has 2 amide bonds. The van der Waals surface area contributed by atoms with Crippen LogP contribution in [0.3, 0.4) is 0 Å². The number of benzene rings is 1. The van der Waals surface area contributed by atoms with E-state index in [4.69, 9.17) is 5.73 Å². The highest BCUT2D eigenvalue weighted by Crippen LogP contribution is 2.36. The van der Waals surface area contributed by atoms with Crippen LogP contribution in [0.2, 0.25) is 0 Å². The monoisotopic (exact) mass is 313 g/mol. The standard InChI is InChI=1S/C17H16FN3O2/c18-13-5-3-11-4-6-15(14(11)8-13)21(10-16(19)22)17(23)12-2-1-7-20-9-12/h1-3,5,7-9,15H,4,6,10H2,(H2,19,22). The van der Waals surface area contributed by atoms with Crippen LogP contribution in [0.15, 0.2) is 42.7 Å². The Labute approximate surface area is 132 Å². The molecule has 1 aliphatic carbocycles. The molecule has 3 rings (SSSR count). The van der Waals surface area contributed by atoms with Crippen molar-refractivity contribution in [3.05, 3.63) is 65.2 Å². The van der Waals surface area contributed by atoms with Gasteiger partial charge in [0.2, 0.25) is 5.91 Å². The molecular weight excluding hydrogens is 297 g/mol. The second-order valence-corrected chi connectivity index (χ2v) is 5.54. The van der Waals surface area contributed by atoms with Crippen molar-refractivity contribution in [2.75, 3.05) is 6.54 Å². The molecule has 1 unspecified atom stereocenters. The maximum absolute atomic E-state index is 13.6. The Balaban J connectivity index is 1.97. The third kappa shape index (κ3) is 3.06. The van der Waals surface area contributed by atoms with Crippen LogP contribution in [-0.2, 0) is 11.2 Å². The zero-order valence-electron chi connectivity index (χ0n) is 12.4. The largest absolute Gasteiger partial charge is 0.368 e. The summed E-state index contributed by atoms with van der Waals surface area (Å²) in [5.74, 6) is -1.30. The van der Waals surface area contributed by atoms with Crippen LogP contribution in [0.1, 0.15) is 33.9 Å². The van der Waals surface area contributed by atoms with E-state index in [1.165, 1.54) is 23.2 Å². The lowest BCUT2D eigenvalue weighted by Crippen LogP contribution is -2.40. The van der Waals surface area contributed by atoms with Gasteiger partial charge < -0.3 is 10.6 Å². The van der Waals surface area contributed by atoms with Gasteiger partial charge in [0.1, 0.15) is 12.4 Å². The van der Waals surface area contributed by atoms with Crippen molar-refractivity contribution in [3.8, 4) is 0 Å². The summed E-state index contributed by atoms with van der Waals surface area (Å²) in [7, 11) is 0. The highest BCUT2D eigenvalue weighted by molar-refractivity contribution is 5.96. The maximum atomic E-state index is 13.6. The molecule has 6 heteroatoms. The topological polar surface area (TPSA) is 76.3 Å². The highest BCUT2D eigenvalue weighted by Gasteiger charge is 2.32. The molecule has 0 radical (unpaired) electrons. The van der Waals surface area contributed by atoms with Gasteiger partial charge in [-0.2, -0.15) is 0 Å². The third-order valence-electron chi connectivity index (χ3n) is 4.03. The van der Waals surface area contributed by atoms with E-state index in [2.05, 4.69) is 4.98 Å². The van der Waals surface area contributed by atoms with E-state index in [1.807, 2.05) is 0 Å². The van der Waals surface area contributed by atoms with E-state index < -0.39 is 5.91 Å². The Morgan fingerprint density at radius 2 is 2.17 bits per heavy atom. The van der Waals surface area contributed by atoms with Crippen molar-refractivity contribution in [2.45, 2.75) is 18.9 Å². The molecule has 2 N–H and O–H groups in total. The van der Waals surface area contributed by atoms with Gasteiger partial charge in [-0.25, -0.2) is 4.39 Å². The smallest absolute Gasteiger partial charge is 0.256 e. The second-order valence-electron chi connectivity index (χ2n) is 5.54. The van der Waals surface area contributed by atoms with Crippen LogP contribution in [0.4, 0.5) is 4.39 Å². The molecule has 0 saturated carbocycles. The van der Waals surface area contributed by atoms with Crippen LogP contribution in [0.5, 0.6) is 0 Å². The molecule has 1 heterocycles. The molecule has 1 aromatic heterocycles. The average Bonchev–Trinajstić information content (AvgIpc) is 2.95. The second kappa shape index (κ2) is 6.16. The van der Waals surface area contributed by atoms with Gasteiger partial charge in [0.25, 0.3) is 5.91 Å². The minimum absolute atomic E-state index is 0.214. The van der Waals surface area contributed by atoms with Crippen molar-refractivity contribution < 1.29 is 14.0 Å². The van der Waals surface area contributed by atoms with Crippen LogP contribution in [0.25, 0.3) is 0 Å². The minimum Gasteiger partial charge on any atom is -0.368 e. The predicted molar refractivity (Wildman–Crippen MR) is 81.9 cm³/mol. The number of nitrogens with two attached hydrogens (primary N) is 1. The lowest BCUT2D eigenvalue weighted by atomic mass is 10.1. The molecule has 0 bridgehead atoms. The number of rotatable bonds is 4. The molecule has 1 aromatic carbocycles. The molecule has 2 aromatic rings. The summed E-state index contributed by atoms with van der Waals surface area (Å²) in [6.45, 7) is -0.214. The number of halogens is 1. The summed E-state index contributed by atoms with van der Waals surface area (Å²) in [4.78, 5) is 29.5.